The van der Waals surface area contributed by atoms with Crippen molar-refractivity contribution in [2.75, 3.05) is 23.0 Å². The molecule has 1 rings (SSSR count). The first-order valence-corrected chi connectivity index (χ1v) is 9.56. The summed E-state index contributed by atoms with van der Waals surface area (Å²) in [6, 6.07) is 0. The molecule has 0 atom stereocenters. The average Bonchev–Trinajstić information content (AvgIpc) is 2.31. The maximum atomic E-state index is 4.30. The molecular weight excluding hydrogens is 272 g/mol. The summed E-state index contributed by atoms with van der Waals surface area (Å²) < 4.78 is 0.546. The van der Waals surface area contributed by atoms with E-state index < -0.39 is 0 Å². The van der Waals surface area contributed by atoms with Crippen LogP contribution in [0.2, 0.25) is 0 Å². The molecule has 0 unspecified atom stereocenters. The van der Waals surface area contributed by atoms with Gasteiger partial charge in [-0.1, -0.05) is 19.3 Å². The van der Waals surface area contributed by atoms with Crippen molar-refractivity contribution in [2.45, 2.75) is 49.0 Å². The largest absolute Gasteiger partial charge is 0.179 e. The van der Waals surface area contributed by atoms with Gasteiger partial charge in [0.2, 0.25) is 0 Å². The Balaban J connectivity index is 2.33. The lowest BCUT2D eigenvalue weighted by molar-refractivity contribution is 0.490. The summed E-state index contributed by atoms with van der Waals surface area (Å²) in [4.78, 5) is 0. The van der Waals surface area contributed by atoms with Crippen molar-refractivity contribution in [2.24, 2.45) is 0 Å². The summed E-state index contributed by atoms with van der Waals surface area (Å²) in [6.45, 7) is 0. The van der Waals surface area contributed by atoms with Crippen molar-refractivity contribution < 1.29 is 0 Å². The molecule has 0 nitrogen and oxygen atoms in total. The zero-order chi connectivity index (χ0) is 11.7. The highest BCUT2D eigenvalue weighted by Gasteiger charge is 2.32. The van der Waals surface area contributed by atoms with Gasteiger partial charge in [-0.2, -0.15) is 25.3 Å². The molecule has 96 valence electrons. The van der Waals surface area contributed by atoms with Crippen LogP contribution in [0.25, 0.3) is 0 Å². The fourth-order valence-electron chi connectivity index (χ4n) is 2.07. The van der Waals surface area contributed by atoms with Crippen molar-refractivity contribution in [3.8, 4) is 0 Å². The fourth-order valence-corrected chi connectivity index (χ4v) is 6.12. The van der Waals surface area contributed by atoms with E-state index in [0.29, 0.717) is 4.08 Å². The quantitative estimate of drug-likeness (QED) is 0.377. The lowest BCUT2D eigenvalue weighted by atomic mass is 10.00. The van der Waals surface area contributed by atoms with Gasteiger partial charge in [-0.15, -0.1) is 23.5 Å². The average molecular weight is 297 g/mol. The van der Waals surface area contributed by atoms with Crippen LogP contribution in [0.1, 0.15) is 44.9 Å². The Morgan fingerprint density at radius 1 is 0.812 bits per heavy atom. The van der Waals surface area contributed by atoms with Gasteiger partial charge in [-0.05, 0) is 48.7 Å². The first-order valence-electron chi connectivity index (χ1n) is 6.33. The Morgan fingerprint density at radius 2 is 1.31 bits per heavy atom. The molecule has 0 radical (unpaired) electrons. The van der Waals surface area contributed by atoms with Gasteiger partial charge in [0.15, 0.2) is 0 Å². The fraction of sp³-hybridized carbons (Fsp3) is 1.00. The number of thioether (sulfide) groups is 2. The normalized spacial score (nSPS) is 19.9. The Bertz CT molecular complexity index is 154. The van der Waals surface area contributed by atoms with E-state index in [1.54, 1.807) is 0 Å². The van der Waals surface area contributed by atoms with Crippen LogP contribution in [0.5, 0.6) is 0 Å². The van der Waals surface area contributed by atoms with E-state index >= 15 is 0 Å². The van der Waals surface area contributed by atoms with E-state index in [4.69, 9.17) is 0 Å². The second kappa shape index (κ2) is 9.35. The monoisotopic (exact) mass is 296 g/mol. The molecular formula is C12H24S4. The maximum Gasteiger partial charge on any atom is 0.0611 e. The summed E-state index contributed by atoms with van der Waals surface area (Å²) in [7, 11) is 0. The molecule has 0 amide bonds. The van der Waals surface area contributed by atoms with E-state index in [0.717, 1.165) is 11.5 Å². The molecule has 1 fully saturated rings. The lowest BCUT2D eigenvalue weighted by Gasteiger charge is -2.36. The second-order valence-electron chi connectivity index (χ2n) is 4.32. The van der Waals surface area contributed by atoms with E-state index in [2.05, 4.69) is 48.8 Å². The number of rotatable bonds is 8. The van der Waals surface area contributed by atoms with Gasteiger partial charge in [0.25, 0.3) is 0 Å². The highest BCUT2D eigenvalue weighted by Crippen LogP contribution is 2.48. The van der Waals surface area contributed by atoms with Crippen molar-refractivity contribution in [1.82, 2.24) is 0 Å². The first-order chi connectivity index (χ1) is 7.83. The highest BCUT2D eigenvalue weighted by atomic mass is 32.2. The van der Waals surface area contributed by atoms with Crippen LogP contribution < -0.4 is 0 Å². The molecule has 1 aliphatic carbocycles. The summed E-state index contributed by atoms with van der Waals surface area (Å²) >= 11 is 13.0. The van der Waals surface area contributed by atoms with Crippen LogP contribution in [0.15, 0.2) is 0 Å². The van der Waals surface area contributed by atoms with Gasteiger partial charge in [-0.25, -0.2) is 0 Å². The SMILES string of the molecule is SCCCSC1(SCCCS)CCCCC1. The van der Waals surface area contributed by atoms with Gasteiger partial charge in [-0.3, -0.25) is 0 Å². The molecule has 0 bridgehead atoms. The molecule has 0 aromatic heterocycles. The molecule has 0 aromatic carbocycles. The molecule has 0 aromatic rings. The van der Waals surface area contributed by atoms with E-state index in [-0.39, 0.29) is 0 Å². The van der Waals surface area contributed by atoms with Crippen molar-refractivity contribution in [3.63, 3.8) is 0 Å². The minimum atomic E-state index is 0.546. The predicted octanol–water partition coefficient (Wildman–Crippen LogP) is 4.75. The summed E-state index contributed by atoms with van der Waals surface area (Å²) in [5.74, 6) is 4.64. The minimum absolute atomic E-state index is 0.546. The topological polar surface area (TPSA) is 0 Å². The van der Waals surface area contributed by atoms with Crippen LogP contribution in [-0.2, 0) is 0 Å². The number of thiol groups is 2. The first kappa shape index (κ1) is 15.5. The number of hydrogen-bond acceptors (Lipinski definition) is 4. The van der Waals surface area contributed by atoms with E-state index in [9.17, 15) is 0 Å². The zero-order valence-corrected chi connectivity index (χ0v) is 13.4. The van der Waals surface area contributed by atoms with Crippen LogP contribution in [0, 0.1) is 0 Å². The van der Waals surface area contributed by atoms with Crippen LogP contribution in [0.4, 0.5) is 0 Å². The van der Waals surface area contributed by atoms with Crippen molar-refractivity contribution >= 4 is 48.8 Å². The van der Waals surface area contributed by atoms with E-state index in [1.165, 1.54) is 56.5 Å². The third-order valence-electron chi connectivity index (χ3n) is 2.95. The van der Waals surface area contributed by atoms with Crippen molar-refractivity contribution in [3.05, 3.63) is 0 Å². The third kappa shape index (κ3) is 5.83. The van der Waals surface area contributed by atoms with Crippen LogP contribution in [-0.4, -0.2) is 27.1 Å². The van der Waals surface area contributed by atoms with Gasteiger partial charge in [0.05, 0.1) is 4.08 Å². The lowest BCUT2D eigenvalue weighted by Crippen LogP contribution is -2.25. The molecule has 1 aliphatic rings. The smallest absolute Gasteiger partial charge is 0.0611 e. The molecule has 0 heterocycles. The van der Waals surface area contributed by atoms with Gasteiger partial charge >= 0.3 is 0 Å². The number of hydrogen-bond donors (Lipinski definition) is 2. The molecule has 4 heteroatoms. The van der Waals surface area contributed by atoms with Gasteiger partial charge in [0.1, 0.15) is 0 Å². The zero-order valence-electron chi connectivity index (χ0n) is 9.99. The standard InChI is InChI=1S/C12H24S4/c13-8-4-10-15-12(16-11-5-9-14)6-2-1-3-7-12/h13-14H,1-11H2. The van der Waals surface area contributed by atoms with Crippen LogP contribution in [0.3, 0.4) is 0 Å². The Kier molecular flexibility index (Phi) is 9.03. The molecule has 1 saturated carbocycles. The summed E-state index contributed by atoms with van der Waals surface area (Å²) in [6.07, 6.45) is 9.65. The van der Waals surface area contributed by atoms with Crippen LogP contribution >= 0.6 is 48.8 Å². The molecule has 0 saturated heterocycles. The molecule has 0 aliphatic heterocycles. The summed E-state index contributed by atoms with van der Waals surface area (Å²) in [5, 5.41) is 0. The van der Waals surface area contributed by atoms with Crippen molar-refractivity contribution in [1.29, 1.82) is 0 Å². The molecule has 0 N–H and O–H groups in total. The summed E-state index contributed by atoms with van der Waals surface area (Å²) in [5.41, 5.74) is 0. The predicted molar refractivity (Wildman–Crippen MR) is 87.7 cm³/mol. The second-order valence-corrected chi connectivity index (χ2v) is 8.43. The maximum absolute atomic E-state index is 4.30. The Labute approximate surface area is 120 Å². The minimum Gasteiger partial charge on any atom is -0.179 e. The van der Waals surface area contributed by atoms with Gasteiger partial charge in [0, 0.05) is 0 Å². The Hall–Kier alpha value is 1.40. The Morgan fingerprint density at radius 3 is 1.75 bits per heavy atom. The molecule has 0 spiro atoms. The highest BCUT2D eigenvalue weighted by molar-refractivity contribution is 8.18. The molecule has 16 heavy (non-hydrogen) atoms. The van der Waals surface area contributed by atoms with Gasteiger partial charge < -0.3 is 0 Å². The third-order valence-corrected chi connectivity index (χ3v) is 7.14. The van der Waals surface area contributed by atoms with E-state index in [1.807, 2.05) is 0 Å².